The SMILES string of the molecule is CCCCCCCN1C(=S)N(c2ccc(Cl)cc2)C(=O)[C@@H]1CC(=O)Nc1ccc(C(=O)OC)cc1. The van der Waals surface area contributed by atoms with Gasteiger partial charge in [0.25, 0.3) is 5.91 Å². The maximum absolute atomic E-state index is 13.4. The first kappa shape index (κ1) is 26.6. The molecule has 0 aliphatic carbocycles. The lowest BCUT2D eigenvalue weighted by atomic mass is 10.1. The molecule has 9 heteroatoms. The summed E-state index contributed by atoms with van der Waals surface area (Å²) in [4.78, 5) is 41.3. The first-order valence-electron chi connectivity index (χ1n) is 11.7. The fraction of sp³-hybridized carbons (Fsp3) is 0.385. The monoisotopic (exact) mass is 515 g/mol. The van der Waals surface area contributed by atoms with Crippen LogP contribution in [0.4, 0.5) is 11.4 Å². The van der Waals surface area contributed by atoms with Crippen LogP contribution < -0.4 is 10.2 Å². The van der Waals surface area contributed by atoms with Crippen molar-refractivity contribution in [2.75, 3.05) is 23.9 Å². The number of thiocarbonyl (C=S) groups is 1. The predicted octanol–water partition coefficient (Wildman–Crippen LogP) is 5.43. The average Bonchev–Trinajstić information content (AvgIpc) is 3.08. The fourth-order valence-electron chi connectivity index (χ4n) is 4.00. The summed E-state index contributed by atoms with van der Waals surface area (Å²) < 4.78 is 4.69. The van der Waals surface area contributed by atoms with Crippen LogP contribution in [0.25, 0.3) is 0 Å². The second-order valence-electron chi connectivity index (χ2n) is 8.38. The Hall–Kier alpha value is -2.97. The number of benzene rings is 2. The maximum Gasteiger partial charge on any atom is 0.337 e. The summed E-state index contributed by atoms with van der Waals surface area (Å²) in [6.45, 7) is 2.76. The molecule has 2 aromatic carbocycles. The second-order valence-corrected chi connectivity index (χ2v) is 9.18. The molecular weight excluding hydrogens is 486 g/mol. The first-order valence-corrected chi connectivity index (χ1v) is 12.5. The molecule has 1 saturated heterocycles. The molecule has 7 nitrogen and oxygen atoms in total. The molecule has 0 radical (unpaired) electrons. The topological polar surface area (TPSA) is 79.0 Å². The van der Waals surface area contributed by atoms with E-state index in [1.807, 2.05) is 4.90 Å². The van der Waals surface area contributed by atoms with E-state index < -0.39 is 12.0 Å². The van der Waals surface area contributed by atoms with Gasteiger partial charge in [0, 0.05) is 17.3 Å². The molecule has 2 amide bonds. The number of carbonyl (C=O) groups is 3. The van der Waals surface area contributed by atoms with Crippen LogP contribution >= 0.6 is 23.8 Å². The molecule has 1 N–H and O–H groups in total. The molecule has 186 valence electrons. The highest BCUT2D eigenvalue weighted by atomic mass is 35.5. The van der Waals surface area contributed by atoms with Crippen molar-refractivity contribution in [2.45, 2.75) is 51.5 Å². The van der Waals surface area contributed by atoms with E-state index in [0.717, 1.165) is 25.7 Å². The molecule has 1 heterocycles. The summed E-state index contributed by atoms with van der Waals surface area (Å²) in [5.74, 6) is -1.00. The first-order chi connectivity index (χ1) is 16.8. The number of hydrogen-bond acceptors (Lipinski definition) is 5. The van der Waals surface area contributed by atoms with Crippen molar-refractivity contribution < 1.29 is 19.1 Å². The predicted molar refractivity (Wildman–Crippen MR) is 142 cm³/mol. The highest BCUT2D eigenvalue weighted by Crippen LogP contribution is 2.29. The Morgan fingerprint density at radius 3 is 2.31 bits per heavy atom. The van der Waals surface area contributed by atoms with Crippen LogP contribution in [0.1, 0.15) is 55.8 Å². The van der Waals surface area contributed by atoms with E-state index in [0.29, 0.717) is 33.6 Å². The lowest BCUT2D eigenvalue weighted by Gasteiger charge is -2.24. The smallest absolute Gasteiger partial charge is 0.337 e. The van der Waals surface area contributed by atoms with Crippen molar-refractivity contribution >= 4 is 58.1 Å². The Morgan fingerprint density at radius 2 is 1.69 bits per heavy atom. The summed E-state index contributed by atoms with van der Waals surface area (Å²) in [6, 6.07) is 12.6. The molecule has 0 spiro atoms. The van der Waals surface area contributed by atoms with Gasteiger partial charge in [-0.05, 0) is 67.2 Å². The lowest BCUT2D eigenvalue weighted by Crippen LogP contribution is -2.38. The molecule has 0 saturated carbocycles. The second kappa shape index (κ2) is 12.7. The van der Waals surface area contributed by atoms with Gasteiger partial charge in [0.2, 0.25) is 5.91 Å². The number of halogens is 1. The Balaban J connectivity index is 1.73. The normalized spacial score (nSPS) is 15.5. The number of methoxy groups -OCH3 is 1. The number of hydrogen-bond donors (Lipinski definition) is 1. The molecule has 0 unspecified atom stereocenters. The van der Waals surface area contributed by atoms with Crippen LogP contribution in [0, 0.1) is 0 Å². The molecule has 0 aromatic heterocycles. The largest absolute Gasteiger partial charge is 0.465 e. The van der Waals surface area contributed by atoms with Crippen molar-refractivity contribution in [1.82, 2.24) is 4.90 Å². The minimum absolute atomic E-state index is 0.0449. The van der Waals surface area contributed by atoms with Gasteiger partial charge in [-0.15, -0.1) is 0 Å². The molecule has 1 fully saturated rings. The van der Waals surface area contributed by atoms with E-state index in [9.17, 15) is 14.4 Å². The van der Waals surface area contributed by atoms with Crippen molar-refractivity contribution in [2.24, 2.45) is 0 Å². The third-order valence-corrected chi connectivity index (χ3v) is 6.54. The summed E-state index contributed by atoms with van der Waals surface area (Å²) in [6.07, 6.45) is 5.31. The maximum atomic E-state index is 13.4. The van der Waals surface area contributed by atoms with E-state index in [2.05, 4.69) is 12.2 Å². The van der Waals surface area contributed by atoms with Gasteiger partial charge in [0.05, 0.1) is 24.8 Å². The number of anilines is 2. The van der Waals surface area contributed by atoms with Crippen LogP contribution in [-0.4, -0.2) is 47.5 Å². The Kier molecular flexibility index (Phi) is 9.63. The molecule has 2 aromatic rings. The van der Waals surface area contributed by atoms with Crippen LogP contribution in [0.5, 0.6) is 0 Å². The highest BCUT2D eigenvalue weighted by Gasteiger charge is 2.43. The number of nitrogens with zero attached hydrogens (tertiary/aromatic N) is 2. The van der Waals surface area contributed by atoms with Gasteiger partial charge < -0.3 is 15.0 Å². The van der Waals surface area contributed by atoms with Crippen LogP contribution in [0.15, 0.2) is 48.5 Å². The van der Waals surface area contributed by atoms with Crippen molar-refractivity contribution in [3.8, 4) is 0 Å². The zero-order valence-electron chi connectivity index (χ0n) is 20.0. The number of unbranched alkanes of at least 4 members (excludes halogenated alkanes) is 4. The van der Waals surface area contributed by atoms with E-state index in [1.54, 1.807) is 48.5 Å². The van der Waals surface area contributed by atoms with Gasteiger partial charge in [-0.1, -0.05) is 44.2 Å². The fourth-order valence-corrected chi connectivity index (χ4v) is 4.54. The van der Waals surface area contributed by atoms with Crippen molar-refractivity contribution in [1.29, 1.82) is 0 Å². The standard InChI is InChI=1S/C26H30ClN3O4S/c1-3-4-5-6-7-16-29-22(24(32)30(26(29)35)21-14-10-19(27)11-15-21)17-23(31)28-20-12-8-18(9-13-20)25(33)34-2/h8-15,22H,3-7,16-17H2,1-2H3,(H,28,31)/t22-/m0/s1. The van der Waals surface area contributed by atoms with E-state index in [1.165, 1.54) is 18.4 Å². The summed E-state index contributed by atoms with van der Waals surface area (Å²) in [7, 11) is 1.31. The van der Waals surface area contributed by atoms with Gasteiger partial charge in [-0.3, -0.25) is 14.5 Å². The number of carbonyl (C=O) groups excluding carboxylic acids is 3. The molecular formula is C26H30ClN3O4S. The average molecular weight is 516 g/mol. The Morgan fingerprint density at radius 1 is 1.03 bits per heavy atom. The number of esters is 1. The quantitative estimate of drug-likeness (QED) is 0.244. The summed E-state index contributed by atoms with van der Waals surface area (Å²) in [5, 5.41) is 3.77. The number of ether oxygens (including phenoxy) is 1. The van der Waals surface area contributed by atoms with Gasteiger partial charge in [0.15, 0.2) is 5.11 Å². The van der Waals surface area contributed by atoms with Crippen molar-refractivity contribution in [3.05, 3.63) is 59.1 Å². The zero-order chi connectivity index (χ0) is 25.4. The zero-order valence-corrected chi connectivity index (χ0v) is 21.5. The molecule has 1 aliphatic heterocycles. The summed E-state index contributed by atoms with van der Waals surface area (Å²) in [5.41, 5.74) is 1.53. The van der Waals surface area contributed by atoms with Crippen LogP contribution in [-0.2, 0) is 14.3 Å². The van der Waals surface area contributed by atoms with Gasteiger partial charge in [-0.2, -0.15) is 0 Å². The van der Waals surface area contributed by atoms with E-state index >= 15 is 0 Å². The van der Waals surface area contributed by atoms with Gasteiger partial charge >= 0.3 is 5.97 Å². The molecule has 0 bridgehead atoms. The highest BCUT2D eigenvalue weighted by molar-refractivity contribution is 7.80. The number of amides is 2. The third-order valence-electron chi connectivity index (χ3n) is 5.87. The molecule has 35 heavy (non-hydrogen) atoms. The van der Waals surface area contributed by atoms with Gasteiger partial charge in [0.1, 0.15) is 6.04 Å². The minimum Gasteiger partial charge on any atom is -0.465 e. The summed E-state index contributed by atoms with van der Waals surface area (Å²) >= 11 is 11.7. The molecule has 1 atom stereocenters. The van der Waals surface area contributed by atoms with Crippen LogP contribution in [0.2, 0.25) is 5.02 Å². The van der Waals surface area contributed by atoms with E-state index in [-0.39, 0.29) is 18.2 Å². The third kappa shape index (κ3) is 6.80. The lowest BCUT2D eigenvalue weighted by molar-refractivity contribution is -0.124. The Bertz CT molecular complexity index is 1060. The Labute approximate surface area is 216 Å². The van der Waals surface area contributed by atoms with Gasteiger partial charge in [-0.25, -0.2) is 4.79 Å². The minimum atomic E-state index is -0.696. The van der Waals surface area contributed by atoms with Crippen LogP contribution in [0.3, 0.4) is 0 Å². The molecule has 3 rings (SSSR count). The van der Waals surface area contributed by atoms with E-state index in [4.69, 9.17) is 28.6 Å². The number of nitrogens with one attached hydrogen (secondary N) is 1. The van der Waals surface area contributed by atoms with Crippen molar-refractivity contribution in [3.63, 3.8) is 0 Å². The number of rotatable bonds is 11. The molecule has 1 aliphatic rings.